The summed E-state index contributed by atoms with van der Waals surface area (Å²) in [5.74, 6) is 0.254. The summed E-state index contributed by atoms with van der Waals surface area (Å²) in [5, 5.41) is 4.12. The van der Waals surface area contributed by atoms with Gasteiger partial charge >= 0.3 is 0 Å². The van der Waals surface area contributed by atoms with Crippen molar-refractivity contribution in [1.29, 1.82) is 0 Å². The number of hydrogen-bond donors (Lipinski definition) is 1. The number of rotatable bonds is 5. The largest absolute Gasteiger partial charge is 0.379 e. The number of nitrogens with zero attached hydrogens (tertiary/aromatic N) is 3. The number of benzene rings is 2. The fourth-order valence-electron chi connectivity index (χ4n) is 5.13. The Hall–Kier alpha value is -2.38. The van der Waals surface area contributed by atoms with E-state index in [0.717, 1.165) is 58.2 Å². The first-order valence-electron chi connectivity index (χ1n) is 12.3. The third-order valence-electron chi connectivity index (χ3n) is 7.12. The van der Waals surface area contributed by atoms with E-state index in [1.54, 1.807) is 0 Å². The van der Waals surface area contributed by atoms with E-state index < -0.39 is 0 Å². The van der Waals surface area contributed by atoms with Gasteiger partial charge in [0.2, 0.25) is 0 Å². The zero-order valence-electron chi connectivity index (χ0n) is 20.2. The van der Waals surface area contributed by atoms with E-state index in [0.29, 0.717) is 5.11 Å². The van der Waals surface area contributed by atoms with Crippen LogP contribution < -0.4 is 5.32 Å². The van der Waals surface area contributed by atoms with Crippen LogP contribution >= 0.6 is 12.2 Å². The zero-order valence-corrected chi connectivity index (χ0v) is 21.0. The van der Waals surface area contributed by atoms with Crippen molar-refractivity contribution in [1.82, 2.24) is 15.1 Å². The first-order valence-corrected chi connectivity index (χ1v) is 12.7. The number of ether oxygens (including phenoxy) is 1. The van der Waals surface area contributed by atoms with Crippen molar-refractivity contribution in [2.45, 2.75) is 19.9 Å². The maximum absolute atomic E-state index is 5.62. The van der Waals surface area contributed by atoms with Crippen LogP contribution in [-0.2, 0) is 4.74 Å². The number of fused-ring (bicyclic) bond motifs is 1. The summed E-state index contributed by atoms with van der Waals surface area (Å²) in [6.07, 6.45) is 2.31. The summed E-state index contributed by atoms with van der Waals surface area (Å²) >= 11 is 5.62. The summed E-state index contributed by atoms with van der Waals surface area (Å²) in [6.45, 7) is 12.0. The minimum absolute atomic E-state index is 0.133. The first kappa shape index (κ1) is 23.4. The van der Waals surface area contributed by atoms with E-state index >= 15 is 0 Å². The van der Waals surface area contributed by atoms with Gasteiger partial charge in [0.05, 0.1) is 25.0 Å². The van der Waals surface area contributed by atoms with Gasteiger partial charge in [0, 0.05) is 45.2 Å². The summed E-state index contributed by atoms with van der Waals surface area (Å²) in [5.41, 5.74) is 7.46. The quantitative estimate of drug-likeness (QED) is 0.663. The van der Waals surface area contributed by atoms with Gasteiger partial charge in [-0.2, -0.15) is 0 Å². The minimum atomic E-state index is 0.133. The highest BCUT2D eigenvalue weighted by atomic mass is 32.1. The van der Waals surface area contributed by atoms with Crippen LogP contribution in [0.25, 0.3) is 6.08 Å². The molecule has 0 radical (unpaired) electrons. The number of nitrogens with one attached hydrogen (secondary N) is 1. The molecule has 0 spiro atoms. The molecular weight excluding hydrogens is 440 g/mol. The number of aliphatic imine (C=N–C) groups is 1. The van der Waals surface area contributed by atoms with Crippen LogP contribution in [0.4, 0.5) is 0 Å². The number of hydrogen-bond acceptors (Lipinski definition) is 4. The SMILES string of the molecule is Cc1ccc(/C=C2\CN(CCN3CCOCC3)CC3C2=NC(=S)NC3c2ccc(C)cc2)cc1. The molecule has 3 heterocycles. The summed E-state index contributed by atoms with van der Waals surface area (Å²) in [7, 11) is 0. The molecule has 178 valence electrons. The Balaban J connectivity index is 1.45. The van der Waals surface area contributed by atoms with Crippen LogP contribution in [0.5, 0.6) is 0 Å². The van der Waals surface area contributed by atoms with Gasteiger partial charge in [-0.25, -0.2) is 4.99 Å². The summed E-state index contributed by atoms with van der Waals surface area (Å²) < 4.78 is 5.53. The van der Waals surface area contributed by atoms with Crippen LogP contribution in [0, 0.1) is 19.8 Å². The van der Waals surface area contributed by atoms with Crippen molar-refractivity contribution in [3.63, 3.8) is 0 Å². The lowest BCUT2D eigenvalue weighted by molar-refractivity contribution is 0.0330. The Morgan fingerprint density at radius 1 is 0.971 bits per heavy atom. The maximum atomic E-state index is 5.62. The Kier molecular flexibility index (Phi) is 7.21. The van der Waals surface area contributed by atoms with Crippen LogP contribution in [0.2, 0.25) is 0 Å². The van der Waals surface area contributed by atoms with Gasteiger partial charge in [0.1, 0.15) is 0 Å². The number of thiocarbonyl (C=S) groups is 1. The fourth-order valence-corrected chi connectivity index (χ4v) is 5.36. The van der Waals surface area contributed by atoms with Gasteiger partial charge in [-0.3, -0.25) is 9.80 Å². The minimum Gasteiger partial charge on any atom is -0.379 e. The van der Waals surface area contributed by atoms with Gasteiger partial charge in [-0.15, -0.1) is 0 Å². The van der Waals surface area contributed by atoms with Crippen LogP contribution in [0.15, 0.2) is 59.1 Å². The molecule has 5 nitrogen and oxygen atoms in total. The van der Waals surface area contributed by atoms with Crippen LogP contribution in [0.1, 0.15) is 28.3 Å². The predicted octanol–water partition coefficient (Wildman–Crippen LogP) is 4.02. The van der Waals surface area contributed by atoms with E-state index in [2.05, 4.69) is 83.6 Å². The summed E-state index contributed by atoms with van der Waals surface area (Å²) in [6, 6.07) is 17.7. The van der Waals surface area contributed by atoms with Gasteiger partial charge in [-0.1, -0.05) is 59.7 Å². The van der Waals surface area contributed by atoms with E-state index in [-0.39, 0.29) is 12.0 Å². The molecule has 2 aromatic carbocycles. The van der Waals surface area contributed by atoms with E-state index in [1.807, 2.05) is 0 Å². The Morgan fingerprint density at radius 2 is 1.62 bits per heavy atom. The van der Waals surface area contributed by atoms with Crippen molar-refractivity contribution in [2.75, 3.05) is 52.5 Å². The second-order valence-electron chi connectivity index (χ2n) is 9.71. The van der Waals surface area contributed by atoms with Crippen molar-refractivity contribution in [3.8, 4) is 0 Å². The number of aryl methyl sites for hydroxylation is 2. The molecule has 0 bridgehead atoms. The van der Waals surface area contributed by atoms with E-state index in [1.165, 1.54) is 27.8 Å². The standard InChI is InChI=1S/C28H34N4OS/c1-20-3-7-22(8-4-20)17-24-18-32(12-11-31-13-15-33-16-14-31)19-25-26(29-28(34)30-27(24)25)23-9-5-21(2)6-10-23/h3-10,17,25-26H,11-16,18-19H2,1-2H3,(H,29,34)/b24-17+. The molecule has 34 heavy (non-hydrogen) atoms. The van der Waals surface area contributed by atoms with Gasteiger partial charge in [-0.05, 0) is 48.8 Å². The number of piperidine rings is 1. The molecule has 2 fully saturated rings. The molecule has 2 saturated heterocycles. The van der Waals surface area contributed by atoms with Crippen molar-refractivity contribution >= 4 is 29.1 Å². The fraction of sp³-hybridized carbons (Fsp3) is 0.429. The highest BCUT2D eigenvalue weighted by Gasteiger charge is 2.38. The first-order chi connectivity index (χ1) is 16.5. The maximum Gasteiger partial charge on any atom is 0.193 e. The molecule has 6 heteroatoms. The lowest BCUT2D eigenvalue weighted by atomic mass is 9.81. The number of likely N-dealkylation sites (tertiary alicyclic amines) is 1. The lowest BCUT2D eigenvalue weighted by Gasteiger charge is -2.43. The topological polar surface area (TPSA) is 40.1 Å². The Labute approximate surface area is 208 Å². The number of morpholine rings is 1. The van der Waals surface area contributed by atoms with Crippen molar-refractivity contribution in [3.05, 3.63) is 76.4 Å². The lowest BCUT2D eigenvalue weighted by Crippen LogP contribution is -2.53. The Morgan fingerprint density at radius 3 is 2.32 bits per heavy atom. The molecule has 3 aliphatic heterocycles. The van der Waals surface area contributed by atoms with Crippen LogP contribution in [0.3, 0.4) is 0 Å². The molecular formula is C28H34N4OS. The monoisotopic (exact) mass is 474 g/mol. The van der Waals surface area contributed by atoms with Crippen LogP contribution in [-0.4, -0.2) is 73.1 Å². The molecule has 3 aliphatic rings. The zero-order chi connectivity index (χ0) is 23.5. The molecule has 5 rings (SSSR count). The Bertz CT molecular complexity index is 1070. The van der Waals surface area contributed by atoms with Gasteiger partial charge in [0.15, 0.2) is 5.11 Å². The van der Waals surface area contributed by atoms with Crippen molar-refractivity contribution < 1.29 is 4.74 Å². The average Bonchev–Trinajstić information content (AvgIpc) is 2.85. The molecule has 0 aromatic heterocycles. The molecule has 0 aliphatic carbocycles. The molecule has 2 unspecified atom stereocenters. The third-order valence-corrected chi connectivity index (χ3v) is 7.33. The van der Waals surface area contributed by atoms with E-state index in [4.69, 9.17) is 21.9 Å². The second kappa shape index (κ2) is 10.5. The highest BCUT2D eigenvalue weighted by Crippen LogP contribution is 2.34. The van der Waals surface area contributed by atoms with Crippen molar-refractivity contribution in [2.24, 2.45) is 10.9 Å². The predicted molar refractivity (Wildman–Crippen MR) is 143 cm³/mol. The molecule has 2 aromatic rings. The molecule has 0 amide bonds. The summed E-state index contributed by atoms with van der Waals surface area (Å²) in [4.78, 5) is 10.0. The molecule has 0 saturated carbocycles. The second-order valence-corrected chi connectivity index (χ2v) is 10.1. The molecule has 2 atom stereocenters. The smallest absolute Gasteiger partial charge is 0.193 e. The third kappa shape index (κ3) is 5.47. The van der Waals surface area contributed by atoms with Gasteiger partial charge in [0.25, 0.3) is 0 Å². The van der Waals surface area contributed by atoms with E-state index in [9.17, 15) is 0 Å². The highest BCUT2D eigenvalue weighted by molar-refractivity contribution is 7.80. The molecule has 1 N–H and O–H groups in total. The average molecular weight is 475 g/mol. The normalized spacial score (nSPS) is 25.1. The van der Waals surface area contributed by atoms with Gasteiger partial charge < -0.3 is 10.1 Å².